The van der Waals surface area contributed by atoms with Crippen LogP contribution in [0.5, 0.6) is 0 Å². The lowest BCUT2D eigenvalue weighted by molar-refractivity contribution is 0.480. The summed E-state index contributed by atoms with van der Waals surface area (Å²) in [5, 5.41) is 2.49. The molecule has 0 radical (unpaired) electrons. The van der Waals surface area contributed by atoms with E-state index in [-0.39, 0.29) is 11.9 Å². The second-order valence-electron chi connectivity index (χ2n) is 5.79. The van der Waals surface area contributed by atoms with E-state index < -0.39 is 0 Å². The Morgan fingerprint density at radius 3 is 2.52 bits per heavy atom. The van der Waals surface area contributed by atoms with Crippen molar-refractivity contribution in [3.63, 3.8) is 0 Å². The van der Waals surface area contributed by atoms with Gasteiger partial charge in [0.15, 0.2) is 5.17 Å². The van der Waals surface area contributed by atoms with Gasteiger partial charge in [0, 0.05) is 35.4 Å². The molecule has 1 aliphatic carbocycles. The molecular weight excluding hydrogens is 346 g/mol. The molecule has 6 nitrogen and oxygen atoms in total. The summed E-state index contributed by atoms with van der Waals surface area (Å²) >= 11 is 1.60. The van der Waals surface area contributed by atoms with Crippen molar-refractivity contribution in [2.24, 2.45) is 28.2 Å². The summed E-state index contributed by atoms with van der Waals surface area (Å²) < 4.78 is 23.2. The fourth-order valence-corrected chi connectivity index (χ4v) is 3.61. The van der Waals surface area contributed by atoms with Crippen LogP contribution in [0.1, 0.15) is 24.9 Å². The lowest BCUT2D eigenvalue weighted by Crippen LogP contribution is -2.20. The summed E-state index contributed by atoms with van der Waals surface area (Å²) in [5.74, 6) is 5.35. The number of halogens is 2. The van der Waals surface area contributed by atoms with Crippen LogP contribution in [-0.2, 0) is 0 Å². The van der Waals surface area contributed by atoms with Gasteiger partial charge < -0.3 is 22.2 Å². The number of hydrazine groups is 1. The van der Waals surface area contributed by atoms with E-state index in [1.807, 2.05) is 0 Å². The number of amidine groups is 1. The van der Waals surface area contributed by atoms with Crippen LogP contribution in [0.15, 0.2) is 35.1 Å². The van der Waals surface area contributed by atoms with Crippen LogP contribution in [0.2, 0.25) is 0 Å². The quantitative estimate of drug-likeness (QED) is 0.358. The molecule has 3 unspecified atom stereocenters. The molecule has 8 N–H and O–H groups in total. The Balaban J connectivity index is 0.000000297. The summed E-state index contributed by atoms with van der Waals surface area (Å²) in [6.07, 6.45) is 2.70. The van der Waals surface area contributed by atoms with Crippen LogP contribution in [0.3, 0.4) is 0 Å². The number of benzene rings is 1. The lowest BCUT2D eigenvalue weighted by atomic mass is 10.0. The van der Waals surface area contributed by atoms with Gasteiger partial charge in [-0.2, -0.15) is 0 Å². The number of allylic oxidation sites excluding steroid dienone is 1. The normalized spacial score (nSPS) is 23.8. The average molecular weight is 372 g/mol. The van der Waals surface area contributed by atoms with Crippen molar-refractivity contribution in [1.29, 1.82) is 0 Å². The van der Waals surface area contributed by atoms with Crippen molar-refractivity contribution in [3.8, 4) is 0 Å². The lowest BCUT2D eigenvalue weighted by Gasteiger charge is -2.18. The number of thioether (sulfide) groups is 1. The van der Waals surface area contributed by atoms with Gasteiger partial charge in [0.2, 0.25) is 0 Å². The summed E-state index contributed by atoms with van der Waals surface area (Å²) in [7, 11) is 2.22. The molecule has 0 spiro atoms. The molecule has 0 amide bonds. The Labute approximate surface area is 151 Å². The molecule has 0 saturated heterocycles. The van der Waals surface area contributed by atoms with Crippen LogP contribution < -0.4 is 23.0 Å². The molecule has 0 aromatic heterocycles. The topological polar surface area (TPSA) is 120 Å². The number of nitrogens with two attached hydrogens (primary N) is 4. The maximum atomic E-state index is 13.7. The fourth-order valence-electron chi connectivity index (χ4n) is 2.49. The number of hydrogen-bond donors (Lipinski definition) is 4. The van der Waals surface area contributed by atoms with E-state index in [0.29, 0.717) is 40.5 Å². The second-order valence-corrected chi connectivity index (χ2v) is 7.05. The molecular formula is C16H26F2N6S. The van der Waals surface area contributed by atoms with Crippen LogP contribution >= 0.6 is 11.8 Å². The van der Waals surface area contributed by atoms with Gasteiger partial charge in [-0.3, -0.25) is 9.38 Å². The first-order valence-electron chi connectivity index (χ1n) is 7.62. The first-order chi connectivity index (χ1) is 11.8. The van der Waals surface area contributed by atoms with E-state index in [9.17, 15) is 8.78 Å². The van der Waals surface area contributed by atoms with Gasteiger partial charge in [-0.1, -0.05) is 11.8 Å². The molecule has 3 rings (SSSR count). The molecule has 25 heavy (non-hydrogen) atoms. The minimum Gasteiger partial charge on any atom is -0.401 e. The summed E-state index contributed by atoms with van der Waals surface area (Å²) in [4.78, 5) is 4.34. The first-order valence-corrected chi connectivity index (χ1v) is 8.50. The summed E-state index contributed by atoms with van der Waals surface area (Å²) in [5.41, 5.74) is 18.5. The Hall–Kier alpha value is -2.00. The predicted octanol–water partition coefficient (Wildman–Crippen LogP) is 2.10. The number of nitrogens with zero attached hydrogens (tertiary/aromatic N) is 2. The standard InChI is InChI=1S/C11H12FN3S.C4H11N3.CH3F/c12-8-2-1-5(13)3-6(8)10-7-4-9(7)16-11(14)15-10;1-4(5)3-7(2)6;1-2/h1-3,7,9-10H,4,13H2,(H2,14,15);3H,5-6H2,1-2H3;1H3/b;4-3-;. The van der Waals surface area contributed by atoms with E-state index in [0.717, 1.165) is 6.42 Å². The van der Waals surface area contributed by atoms with Crippen LogP contribution in [0.4, 0.5) is 14.5 Å². The Morgan fingerprint density at radius 1 is 1.36 bits per heavy atom. The summed E-state index contributed by atoms with van der Waals surface area (Å²) in [6.45, 7) is 1.78. The van der Waals surface area contributed by atoms with Crippen molar-refractivity contribution < 1.29 is 8.78 Å². The Kier molecular flexibility index (Phi) is 7.98. The molecule has 3 atom stereocenters. The van der Waals surface area contributed by atoms with Gasteiger partial charge in [0.05, 0.1) is 13.2 Å². The van der Waals surface area contributed by atoms with Gasteiger partial charge in [0.1, 0.15) is 5.82 Å². The smallest absolute Gasteiger partial charge is 0.154 e. The van der Waals surface area contributed by atoms with Crippen molar-refractivity contribution in [3.05, 3.63) is 41.5 Å². The Bertz CT molecular complexity index is 631. The third-order valence-electron chi connectivity index (χ3n) is 3.47. The zero-order valence-electron chi connectivity index (χ0n) is 14.6. The number of fused-ring (bicyclic) bond motifs is 1. The van der Waals surface area contributed by atoms with Gasteiger partial charge in [-0.15, -0.1) is 0 Å². The second kappa shape index (κ2) is 9.47. The largest absolute Gasteiger partial charge is 0.401 e. The van der Waals surface area contributed by atoms with Crippen molar-refractivity contribution in [1.82, 2.24) is 5.01 Å². The SMILES string of the molecule is C/C(N)=C/N(C)N.CF.NC1=NC(c2cc(N)ccc2F)C2CC2S1. The van der Waals surface area contributed by atoms with Crippen LogP contribution in [0.25, 0.3) is 0 Å². The Morgan fingerprint density at radius 2 is 2.00 bits per heavy atom. The maximum Gasteiger partial charge on any atom is 0.154 e. The van der Waals surface area contributed by atoms with Crippen LogP contribution in [-0.4, -0.2) is 29.7 Å². The monoisotopic (exact) mass is 372 g/mol. The van der Waals surface area contributed by atoms with Crippen molar-refractivity contribution in [2.45, 2.75) is 24.6 Å². The third kappa shape index (κ3) is 6.43. The van der Waals surface area contributed by atoms with Gasteiger partial charge in [-0.05, 0) is 37.5 Å². The number of nitrogen functional groups attached to an aromatic ring is 1. The van der Waals surface area contributed by atoms with E-state index in [2.05, 4.69) is 4.99 Å². The van der Waals surface area contributed by atoms with E-state index in [1.54, 1.807) is 44.1 Å². The van der Waals surface area contributed by atoms with Gasteiger partial charge in [-0.25, -0.2) is 10.2 Å². The molecule has 1 saturated carbocycles. The number of alkyl halides is 1. The zero-order valence-corrected chi connectivity index (χ0v) is 15.4. The van der Waals surface area contributed by atoms with Crippen molar-refractivity contribution in [2.75, 3.05) is 20.0 Å². The highest BCUT2D eigenvalue weighted by Crippen LogP contribution is 2.54. The molecule has 2 aliphatic rings. The average Bonchev–Trinajstić information content (AvgIpc) is 3.29. The molecule has 1 aliphatic heterocycles. The molecule has 1 heterocycles. The van der Waals surface area contributed by atoms with Gasteiger partial charge >= 0.3 is 0 Å². The molecule has 140 valence electrons. The molecule has 1 aromatic carbocycles. The van der Waals surface area contributed by atoms with E-state index in [4.69, 9.17) is 23.0 Å². The highest BCUT2D eigenvalue weighted by atomic mass is 32.2. The minimum absolute atomic E-state index is 0.144. The van der Waals surface area contributed by atoms with Crippen molar-refractivity contribution >= 4 is 22.6 Å². The number of hydrogen-bond acceptors (Lipinski definition) is 7. The fraction of sp³-hybridized carbons (Fsp3) is 0.438. The number of aliphatic imine (C=N–C) groups is 1. The maximum absolute atomic E-state index is 13.7. The van der Waals surface area contributed by atoms with E-state index >= 15 is 0 Å². The van der Waals surface area contributed by atoms with Crippen LogP contribution in [0, 0.1) is 11.7 Å². The number of anilines is 1. The molecule has 1 aromatic rings. The van der Waals surface area contributed by atoms with E-state index in [1.165, 1.54) is 11.1 Å². The highest BCUT2D eigenvalue weighted by Gasteiger charge is 2.48. The predicted molar refractivity (Wildman–Crippen MR) is 102 cm³/mol. The van der Waals surface area contributed by atoms with Gasteiger partial charge in [0.25, 0.3) is 0 Å². The molecule has 0 bridgehead atoms. The first kappa shape index (κ1) is 21.0. The number of rotatable bonds is 2. The molecule has 1 fully saturated rings. The minimum atomic E-state index is -0.242. The molecule has 9 heteroatoms. The summed E-state index contributed by atoms with van der Waals surface area (Å²) in [6, 6.07) is 4.49. The highest BCUT2D eigenvalue weighted by molar-refractivity contribution is 8.14. The third-order valence-corrected chi connectivity index (χ3v) is 4.66. The zero-order chi connectivity index (χ0) is 19.1.